The summed E-state index contributed by atoms with van der Waals surface area (Å²) in [4.78, 5) is 29.2. The molecule has 0 heterocycles. The first kappa shape index (κ1) is 31.4. The highest BCUT2D eigenvalue weighted by molar-refractivity contribution is 9.10. The van der Waals surface area contributed by atoms with Gasteiger partial charge in [0.2, 0.25) is 21.8 Å². The van der Waals surface area contributed by atoms with E-state index in [-0.39, 0.29) is 17.3 Å². The molecule has 0 bridgehead atoms. The maximum atomic E-state index is 14.0. The van der Waals surface area contributed by atoms with Crippen LogP contribution in [0.15, 0.2) is 106 Å². The molecule has 0 aliphatic heterocycles. The number of nitrogens with zero attached hydrogens (tertiary/aromatic N) is 2. The SMILES string of the molecule is CCCCNC(=O)[C@@H](Cc1ccccc1)N(Cc1ccc(Br)cc1)C(=O)CN(C)S(=O)(=O)c1ccc2ccccc2c1. The molecular formula is C33H36BrN3O4S. The molecule has 2 amide bonds. The van der Waals surface area contributed by atoms with Gasteiger partial charge < -0.3 is 10.2 Å². The first-order chi connectivity index (χ1) is 20.2. The number of fused-ring (bicyclic) bond motifs is 1. The van der Waals surface area contributed by atoms with Gasteiger partial charge in [-0.05, 0) is 52.6 Å². The number of benzene rings is 4. The van der Waals surface area contributed by atoms with Crippen LogP contribution in [-0.2, 0) is 32.6 Å². The molecule has 0 saturated heterocycles. The van der Waals surface area contributed by atoms with Crippen LogP contribution >= 0.6 is 15.9 Å². The van der Waals surface area contributed by atoms with Gasteiger partial charge in [-0.2, -0.15) is 4.31 Å². The lowest BCUT2D eigenvalue weighted by Gasteiger charge is -2.32. The molecular weight excluding hydrogens is 614 g/mol. The van der Waals surface area contributed by atoms with E-state index in [1.165, 1.54) is 11.9 Å². The normalized spacial score (nSPS) is 12.3. The molecule has 0 fully saturated rings. The van der Waals surface area contributed by atoms with Crippen LogP contribution in [0.3, 0.4) is 0 Å². The summed E-state index contributed by atoms with van der Waals surface area (Å²) in [5.41, 5.74) is 1.73. The van der Waals surface area contributed by atoms with Crippen molar-refractivity contribution in [1.82, 2.24) is 14.5 Å². The minimum absolute atomic E-state index is 0.106. The van der Waals surface area contributed by atoms with Crippen molar-refractivity contribution in [2.24, 2.45) is 0 Å². The number of amides is 2. The Balaban J connectivity index is 1.65. The van der Waals surface area contributed by atoms with E-state index in [1.807, 2.05) is 85.8 Å². The van der Waals surface area contributed by atoms with Gasteiger partial charge in [-0.3, -0.25) is 9.59 Å². The zero-order valence-electron chi connectivity index (χ0n) is 23.9. The van der Waals surface area contributed by atoms with Crippen LogP contribution in [0, 0.1) is 0 Å². The van der Waals surface area contributed by atoms with Crippen molar-refractivity contribution in [1.29, 1.82) is 0 Å². The lowest BCUT2D eigenvalue weighted by atomic mass is 10.0. The van der Waals surface area contributed by atoms with Crippen molar-refractivity contribution in [2.45, 2.75) is 43.7 Å². The number of rotatable bonds is 13. The quantitative estimate of drug-likeness (QED) is 0.186. The van der Waals surface area contributed by atoms with Gasteiger partial charge in [0.1, 0.15) is 6.04 Å². The predicted octanol–water partition coefficient (Wildman–Crippen LogP) is 5.78. The number of sulfonamides is 1. The average Bonchev–Trinajstić information content (AvgIpc) is 3.00. The Bertz CT molecular complexity index is 1610. The van der Waals surface area contributed by atoms with Gasteiger partial charge in [0.05, 0.1) is 11.4 Å². The third-order valence-corrected chi connectivity index (χ3v) is 9.48. The molecule has 0 saturated carbocycles. The van der Waals surface area contributed by atoms with Crippen molar-refractivity contribution in [2.75, 3.05) is 20.1 Å². The van der Waals surface area contributed by atoms with Crippen LogP contribution in [0.25, 0.3) is 10.8 Å². The van der Waals surface area contributed by atoms with Crippen molar-refractivity contribution < 1.29 is 18.0 Å². The summed E-state index contributed by atoms with van der Waals surface area (Å²) in [6, 6.07) is 28.7. The fraction of sp³-hybridized carbons (Fsp3) is 0.273. The largest absolute Gasteiger partial charge is 0.354 e. The van der Waals surface area contributed by atoms with E-state index in [9.17, 15) is 18.0 Å². The van der Waals surface area contributed by atoms with E-state index in [2.05, 4.69) is 21.2 Å². The fourth-order valence-electron chi connectivity index (χ4n) is 4.72. The van der Waals surface area contributed by atoms with Crippen molar-refractivity contribution >= 4 is 48.5 Å². The molecule has 0 radical (unpaired) electrons. The summed E-state index contributed by atoms with van der Waals surface area (Å²) in [5.74, 6) is -0.728. The molecule has 1 atom stereocenters. The monoisotopic (exact) mass is 649 g/mol. The van der Waals surface area contributed by atoms with Gasteiger partial charge in [0.25, 0.3) is 0 Å². The first-order valence-electron chi connectivity index (χ1n) is 14.0. The summed E-state index contributed by atoms with van der Waals surface area (Å²) < 4.78 is 29.1. The molecule has 0 spiro atoms. The first-order valence-corrected chi connectivity index (χ1v) is 16.2. The maximum absolute atomic E-state index is 14.0. The van der Waals surface area contributed by atoms with Gasteiger partial charge in [-0.15, -0.1) is 0 Å². The summed E-state index contributed by atoms with van der Waals surface area (Å²) in [6.45, 7) is 2.27. The zero-order valence-corrected chi connectivity index (χ0v) is 26.3. The zero-order chi connectivity index (χ0) is 30.1. The highest BCUT2D eigenvalue weighted by atomic mass is 79.9. The fourth-order valence-corrected chi connectivity index (χ4v) is 6.14. The summed E-state index contributed by atoms with van der Waals surface area (Å²) >= 11 is 3.45. The second-order valence-corrected chi connectivity index (χ2v) is 13.2. The molecule has 0 aliphatic carbocycles. The Morgan fingerprint density at radius 3 is 2.21 bits per heavy atom. The van der Waals surface area contributed by atoms with Crippen molar-refractivity contribution in [3.8, 4) is 0 Å². The van der Waals surface area contributed by atoms with Crippen LogP contribution in [0.4, 0.5) is 0 Å². The molecule has 220 valence electrons. The van der Waals surface area contributed by atoms with Crippen LogP contribution in [-0.4, -0.2) is 55.6 Å². The molecule has 0 aromatic heterocycles. The van der Waals surface area contributed by atoms with Gasteiger partial charge in [0, 0.05) is 31.0 Å². The Labute approximate surface area is 256 Å². The second-order valence-electron chi connectivity index (χ2n) is 10.3. The smallest absolute Gasteiger partial charge is 0.243 e. The van der Waals surface area contributed by atoms with E-state index in [0.29, 0.717) is 13.0 Å². The molecule has 0 aliphatic rings. The number of unbranched alkanes of at least 4 members (excludes halogenated alkanes) is 1. The van der Waals surface area contributed by atoms with Crippen LogP contribution in [0.2, 0.25) is 0 Å². The van der Waals surface area contributed by atoms with Crippen molar-refractivity contribution in [3.63, 3.8) is 0 Å². The molecule has 1 N–H and O–H groups in total. The molecule has 9 heteroatoms. The third kappa shape index (κ3) is 8.06. The van der Waals surface area contributed by atoms with E-state index < -0.39 is 28.5 Å². The van der Waals surface area contributed by atoms with Crippen LogP contribution < -0.4 is 5.32 Å². The number of likely N-dealkylation sites (N-methyl/N-ethyl adjacent to an activating group) is 1. The summed E-state index contributed by atoms with van der Waals surface area (Å²) in [6.07, 6.45) is 2.03. The topological polar surface area (TPSA) is 86.8 Å². The second kappa shape index (κ2) is 14.6. The summed E-state index contributed by atoms with van der Waals surface area (Å²) in [5, 5.41) is 4.71. The van der Waals surface area contributed by atoms with Gasteiger partial charge in [0.15, 0.2) is 0 Å². The number of nitrogens with one attached hydrogen (secondary N) is 1. The lowest BCUT2D eigenvalue weighted by Crippen LogP contribution is -2.53. The average molecular weight is 651 g/mol. The van der Waals surface area contributed by atoms with Crippen LogP contribution in [0.1, 0.15) is 30.9 Å². The van der Waals surface area contributed by atoms with Gasteiger partial charge in [-0.25, -0.2) is 8.42 Å². The molecule has 4 rings (SSSR count). The highest BCUT2D eigenvalue weighted by Gasteiger charge is 2.33. The maximum Gasteiger partial charge on any atom is 0.243 e. The van der Waals surface area contributed by atoms with Gasteiger partial charge >= 0.3 is 0 Å². The molecule has 4 aromatic rings. The number of hydrogen-bond donors (Lipinski definition) is 1. The minimum atomic E-state index is -3.98. The third-order valence-electron chi connectivity index (χ3n) is 7.15. The molecule has 0 unspecified atom stereocenters. The number of halogens is 1. The van der Waals surface area contributed by atoms with E-state index >= 15 is 0 Å². The minimum Gasteiger partial charge on any atom is -0.354 e. The summed E-state index contributed by atoms with van der Waals surface area (Å²) in [7, 11) is -2.58. The Kier molecular flexibility index (Phi) is 10.9. The number of carbonyl (C=O) groups excluding carboxylic acids is 2. The van der Waals surface area contributed by atoms with Gasteiger partial charge in [-0.1, -0.05) is 102 Å². The number of carbonyl (C=O) groups is 2. The molecule has 7 nitrogen and oxygen atoms in total. The lowest BCUT2D eigenvalue weighted by molar-refractivity contribution is -0.141. The van der Waals surface area contributed by atoms with E-state index in [1.54, 1.807) is 18.2 Å². The predicted molar refractivity (Wildman–Crippen MR) is 170 cm³/mol. The Morgan fingerprint density at radius 2 is 1.52 bits per heavy atom. The van der Waals surface area contributed by atoms with E-state index in [0.717, 1.165) is 43.5 Å². The highest BCUT2D eigenvalue weighted by Crippen LogP contribution is 2.22. The number of hydrogen-bond acceptors (Lipinski definition) is 4. The Morgan fingerprint density at radius 1 is 0.857 bits per heavy atom. The molecule has 42 heavy (non-hydrogen) atoms. The molecule has 4 aromatic carbocycles. The standard InChI is InChI=1S/C33H36BrN3O4S/c1-3-4-20-35-33(39)31(21-25-10-6-5-7-11-25)37(23-26-14-17-29(34)18-15-26)32(38)24-36(2)42(40,41)30-19-16-27-12-8-9-13-28(27)22-30/h5-19,22,31H,3-4,20-21,23-24H2,1-2H3,(H,35,39)/t31-/m1/s1. The Hall–Kier alpha value is -3.53. The van der Waals surface area contributed by atoms with E-state index in [4.69, 9.17) is 0 Å². The van der Waals surface area contributed by atoms with Crippen LogP contribution in [0.5, 0.6) is 0 Å². The van der Waals surface area contributed by atoms with Crippen molar-refractivity contribution in [3.05, 3.63) is 113 Å².